The molecule has 2 fully saturated rings. The van der Waals surface area contributed by atoms with Gasteiger partial charge in [0.2, 0.25) is 0 Å². The van der Waals surface area contributed by atoms with E-state index in [1.165, 1.54) is 159 Å². The van der Waals surface area contributed by atoms with Crippen molar-refractivity contribution in [1.29, 1.82) is 0 Å². The highest BCUT2D eigenvalue weighted by Gasteiger charge is 2.01. The van der Waals surface area contributed by atoms with Gasteiger partial charge in [-0.15, -0.1) is 0 Å². The van der Waals surface area contributed by atoms with Gasteiger partial charge in [-0.2, -0.15) is 0 Å². The van der Waals surface area contributed by atoms with Crippen molar-refractivity contribution in [3.05, 3.63) is 318 Å². The lowest BCUT2D eigenvalue weighted by atomic mass is 10.1. The van der Waals surface area contributed by atoms with Crippen LogP contribution < -0.4 is 0 Å². The fourth-order valence-corrected chi connectivity index (χ4v) is 8.45. The maximum atomic E-state index is 2.20. The molecule has 0 N–H and O–H groups in total. The van der Waals surface area contributed by atoms with Crippen molar-refractivity contribution in [3.63, 3.8) is 0 Å². The van der Waals surface area contributed by atoms with Crippen molar-refractivity contribution in [2.24, 2.45) is 0 Å². The van der Waals surface area contributed by atoms with Gasteiger partial charge in [0.05, 0.1) is 0 Å². The lowest BCUT2D eigenvalue weighted by Gasteiger charge is -2.00. The maximum Gasteiger partial charge on any atom is -0.00258 e. The highest BCUT2D eigenvalue weighted by molar-refractivity contribution is 5.82. The summed E-state index contributed by atoms with van der Waals surface area (Å²) < 4.78 is 0. The van der Waals surface area contributed by atoms with Crippen LogP contribution in [0.4, 0.5) is 0 Å². The molecule has 0 heteroatoms. The van der Waals surface area contributed by atoms with Crippen LogP contribution in [0.25, 0.3) is 16.8 Å². The molecule has 5 aliphatic carbocycles. The van der Waals surface area contributed by atoms with Crippen molar-refractivity contribution < 1.29 is 0 Å². The van der Waals surface area contributed by atoms with Gasteiger partial charge in [-0.05, 0) is 94.7 Å². The summed E-state index contributed by atoms with van der Waals surface area (Å²) >= 11 is 0. The molecule has 0 saturated heterocycles. The van der Waals surface area contributed by atoms with Crippen molar-refractivity contribution in [1.82, 2.24) is 0 Å². The Morgan fingerprint density at radius 2 is 0.358 bits per heavy atom. The lowest BCUT2D eigenvalue weighted by Crippen LogP contribution is -1.85. The van der Waals surface area contributed by atoms with E-state index in [9.17, 15) is 0 Å². The van der Waals surface area contributed by atoms with Gasteiger partial charge in [-0.1, -0.05) is 672 Å². The van der Waals surface area contributed by atoms with E-state index in [0.29, 0.717) is 0 Å². The minimum Gasteiger partial charge on any atom is -0.0808 e. The van der Waals surface area contributed by atoms with Crippen LogP contribution in [-0.2, 0) is 32.1 Å². The molecule has 0 nitrogen and oxygen atoms in total. The van der Waals surface area contributed by atoms with Crippen LogP contribution in [0.15, 0.2) is 279 Å². The Labute approximate surface area is 761 Å². The molecule has 0 atom stereocenters. The molecule has 5 aliphatic rings. The summed E-state index contributed by atoms with van der Waals surface area (Å²) in [4.78, 5) is 0. The second-order valence-corrected chi connectivity index (χ2v) is 24.0. The van der Waals surface area contributed by atoms with E-state index in [1.807, 2.05) is 171 Å². The summed E-state index contributed by atoms with van der Waals surface area (Å²) in [7, 11) is 0. The van der Waals surface area contributed by atoms with E-state index >= 15 is 0 Å². The fraction of sp³-hybridized carbons (Fsp3) is 0.533. The number of rotatable bonds is 5. The summed E-state index contributed by atoms with van der Waals surface area (Å²) in [5.41, 5.74) is 9.81. The molecule has 0 bridgehead atoms. The van der Waals surface area contributed by atoms with Gasteiger partial charge in [0, 0.05) is 0 Å². The molecule has 8 aromatic rings. The summed E-state index contributed by atoms with van der Waals surface area (Å²) in [6.07, 6.45) is 52.7. The van der Waals surface area contributed by atoms with E-state index in [4.69, 9.17) is 0 Å². The van der Waals surface area contributed by atoms with Gasteiger partial charge in [-0.3, -0.25) is 0 Å². The first kappa shape index (κ1) is 150. The Bertz CT molecular complexity index is 2560. The zero-order valence-electron chi connectivity index (χ0n) is 87.6. The van der Waals surface area contributed by atoms with Crippen LogP contribution in [0.1, 0.15) is 438 Å². The van der Waals surface area contributed by atoms with Gasteiger partial charge in [-0.25, -0.2) is 0 Å². The molecule has 13 rings (SSSR count). The number of fused-ring (bicyclic) bond motifs is 2. The lowest BCUT2D eigenvalue weighted by molar-refractivity contribution is 0.886. The number of hydrogen-bond donors (Lipinski definition) is 0. The first-order valence-electron chi connectivity index (χ1n) is 49.6. The third-order valence-corrected chi connectivity index (χ3v) is 13.0. The van der Waals surface area contributed by atoms with Crippen molar-refractivity contribution >= 4 is 16.8 Å². The molecule has 0 aromatic heterocycles. The molecule has 120 heavy (non-hydrogen) atoms. The third kappa shape index (κ3) is 140. The van der Waals surface area contributed by atoms with Crippen LogP contribution in [0, 0.1) is 0 Å². The fourth-order valence-electron chi connectivity index (χ4n) is 8.45. The van der Waals surface area contributed by atoms with E-state index in [-0.39, 0.29) is 7.43 Å². The van der Waals surface area contributed by atoms with Crippen LogP contribution in [0.5, 0.6) is 0 Å². The van der Waals surface area contributed by atoms with Crippen LogP contribution in [-0.4, -0.2) is 0 Å². The van der Waals surface area contributed by atoms with E-state index < -0.39 is 0 Å². The highest BCUT2D eigenvalue weighted by atomic mass is 14.1. The molecular weight excluding hydrogens is 1440 g/mol. The minimum absolute atomic E-state index is 0. The molecule has 0 amide bonds. The van der Waals surface area contributed by atoms with Crippen molar-refractivity contribution in [2.75, 3.05) is 0 Å². The topological polar surface area (TPSA) is 0 Å². The predicted molar refractivity (Wildman–Crippen MR) is 582 cm³/mol. The Hall–Kier alpha value is -7.28. The Balaban J connectivity index is -0.0000000685. The van der Waals surface area contributed by atoms with Gasteiger partial charge < -0.3 is 0 Å². The first-order chi connectivity index (χ1) is 58.6. The minimum atomic E-state index is 0. The van der Waals surface area contributed by atoms with Gasteiger partial charge in [0.1, 0.15) is 0 Å². The summed E-state index contributed by atoms with van der Waals surface area (Å²) in [5, 5.41) is 2.62. The summed E-state index contributed by atoms with van der Waals surface area (Å²) in [5.74, 6) is 0. The van der Waals surface area contributed by atoms with Gasteiger partial charge in [0.25, 0.3) is 0 Å². The third-order valence-electron chi connectivity index (χ3n) is 13.0. The van der Waals surface area contributed by atoms with Crippen LogP contribution in [0.3, 0.4) is 0 Å². The number of benzene rings is 8. The molecule has 0 heterocycles. The molecule has 2 saturated carbocycles. The molecule has 0 spiro atoms. The monoisotopic (exact) mass is 1660 g/mol. The second kappa shape index (κ2) is 166. The molecule has 8 aromatic carbocycles. The van der Waals surface area contributed by atoms with Gasteiger partial charge in [0.15, 0.2) is 0 Å². The van der Waals surface area contributed by atoms with Crippen molar-refractivity contribution in [3.8, 4) is 0 Å². The SMILES string of the molecule is C.C1=CCC=C1.C1=CCC=C1.C1=Cc2ccccc2C1.C1CCCC1.C1CCCC1.CC.CC.CC.CC.CC.CC.CC.CC.CC.CC.CC.CCC.CCC.CCC.CCC.CCC.CCC.CCC.CCc1ccccc1.CCc1ccccc1.CCc1ccccc1.c1ccc(Cc2ccccc2)cc1.c1ccc2ccccc2c1. The number of aryl methyl sites for hydroxylation is 3. The molecule has 0 aliphatic heterocycles. The number of allylic oxidation sites excluding steroid dienone is 9. The maximum absolute atomic E-state index is 2.20. The van der Waals surface area contributed by atoms with Crippen molar-refractivity contribution in [2.45, 2.75) is 432 Å². The molecular formula is C120H216. The smallest absolute Gasteiger partial charge is 0.00258 e. The normalized spacial score (nSPS) is 9.82. The van der Waals surface area contributed by atoms with E-state index in [2.05, 4.69) is 385 Å². The largest absolute Gasteiger partial charge is 0.0808 e. The molecule has 696 valence electrons. The molecule has 0 unspecified atom stereocenters. The summed E-state index contributed by atoms with van der Waals surface area (Å²) in [6, 6.07) is 77.6. The number of hydrogen-bond acceptors (Lipinski definition) is 0. The second-order valence-electron chi connectivity index (χ2n) is 24.0. The van der Waals surface area contributed by atoms with Crippen LogP contribution in [0.2, 0.25) is 0 Å². The Kier molecular flexibility index (Phi) is 209. The quantitative estimate of drug-likeness (QED) is 0.161. The standard InChI is InChI=1S/C13H12.C10H8.C9H8.3C8H10.2C5H10.2C5H6.7C3H8.11C2H6.CH4/c1-3-7-12(8-4-1)11-13-9-5-2-6-10-13;1-2-6-10-8-4-3-7-9(10)5-1;1-2-5-9-7-3-6-8(9)4-1;3*1-2-8-6-4-3-5-7-8;4*1-2-4-5-3-1;7*1-3-2;11*1-2;/h1-10H,11H2;1-8H;1-6H,7H2;3*3-7H,2H2,1H3;2*1-5H2;2*1-4H,5H2;7*3H2,1-2H3;11*1-2H3;1H4. The van der Waals surface area contributed by atoms with E-state index in [1.54, 1.807) is 0 Å². The van der Waals surface area contributed by atoms with Crippen LogP contribution >= 0.6 is 0 Å². The van der Waals surface area contributed by atoms with Gasteiger partial charge >= 0.3 is 0 Å². The Morgan fingerprint density at radius 1 is 0.192 bits per heavy atom. The zero-order chi connectivity index (χ0) is 94.4. The summed E-state index contributed by atoms with van der Waals surface area (Å²) in [6.45, 7) is 80.2. The highest BCUT2D eigenvalue weighted by Crippen LogP contribution is 2.18. The Morgan fingerprint density at radius 3 is 0.517 bits per heavy atom. The zero-order valence-corrected chi connectivity index (χ0v) is 87.6. The average molecular weight is 1660 g/mol. The predicted octanol–water partition coefficient (Wildman–Crippen LogP) is 43.9. The average Bonchev–Trinajstić information content (AvgIpc) is 1.76. The van der Waals surface area contributed by atoms with E-state index in [0.717, 1.165) is 44.9 Å². The first-order valence-corrected chi connectivity index (χ1v) is 49.6. The molecule has 0 radical (unpaired) electrons.